The molecular formula is C23H20N4O3. The molecule has 7 heteroatoms. The number of carbonyl (C=O) groups is 1. The van der Waals surface area contributed by atoms with Crippen molar-refractivity contribution in [2.75, 3.05) is 11.9 Å². The molecule has 0 atom stereocenters. The monoisotopic (exact) mass is 400 g/mol. The molecule has 150 valence electrons. The predicted molar refractivity (Wildman–Crippen MR) is 113 cm³/mol. The second-order valence-electron chi connectivity index (χ2n) is 6.36. The minimum absolute atomic E-state index is 0.196. The van der Waals surface area contributed by atoms with Gasteiger partial charge in [0.05, 0.1) is 6.61 Å². The third-order valence-electron chi connectivity index (χ3n) is 4.26. The molecule has 0 aliphatic rings. The van der Waals surface area contributed by atoms with E-state index in [0.29, 0.717) is 35.3 Å². The van der Waals surface area contributed by atoms with Crippen LogP contribution in [-0.2, 0) is 0 Å². The lowest BCUT2D eigenvalue weighted by molar-refractivity contribution is 0.102. The van der Waals surface area contributed by atoms with E-state index in [4.69, 9.17) is 9.47 Å². The zero-order valence-electron chi connectivity index (χ0n) is 16.4. The summed E-state index contributed by atoms with van der Waals surface area (Å²) in [6.07, 6.45) is 3.79. The van der Waals surface area contributed by atoms with Crippen LogP contribution in [0.25, 0.3) is 5.82 Å². The summed E-state index contributed by atoms with van der Waals surface area (Å²) in [5.41, 5.74) is 1.21. The number of nitrogens with zero attached hydrogens (tertiary/aromatic N) is 3. The van der Waals surface area contributed by atoms with Gasteiger partial charge in [0.1, 0.15) is 11.5 Å². The van der Waals surface area contributed by atoms with Gasteiger partial charge < -0.3 is 19.4 Å². The van der Waals surface area contributed by atoms with Crippen molar-refractivity contribution in [3.05, 3.63) is 90.8 Å². The molecule has 1 N–H and O–H groups in total. The van der Waals surface area contributed by atoms with Crippen molar-refractivity contribution >= 4 is 11.6 Å². The molecule has 0 aliphatic heterocycles. The Labute approximate surface area is 173 Å². The Morgan fingerprint density at radius 1 is 0.900 bits per heavy atom. The Hall–Kier alpha value is -4.13. The first-order valence-electron chi connectivity index (χ1n) is 9.50. The summed E-state index contributed by atoms with van der Waals surface area (Å²) < 4.78 is 13.0. The molecule has 0 bridgehead atoms. The third-order valence-corrected chi connectivity index (χ3v) is 4.26. The van der Waals surface area contributed by atoms with E-state index in [-0.39, 0.29) is 5.91 Å². The summed E-state index contributed by atoms with van der Waals surface area (Å²) in [5, 5.41) is 11.1. The van der Waals surface area contributed by atoms with Gasteiger partial charge in [0.15, 0.2) is 5.82 Å². The van der Waals surface area contributed by atoms with Crippen LogP contribution in [0.5, 0.6) is 17.4 Å². The molecule has 0 unspecified atom stereocenters. The van der Waals surface area contributed by atoms with Gasteiger partial charge in [-0.25, -0.2) is 0 Å². The molecular weight excluding hydrogens is 380 g/mol. The number of rotatable bonds is 7. The first-order chi connectivity index (χ1) is 14.7. The Balaban J connectivity index is 1.36. The average molecular weight is 400 g/mol. The maximum atomic E-state index is 12.4. The van der Waals surface area contributed by atoms with Gasteiger partial charge in [-0.15, -0.1) is 10.2 Å². The highest BCUT2D eigenvalue weighted by molar-refractivity contribution is 6.04. The molecule has 0 spiro atoms. The van der Waals surface area contributed by atoms with E-state index >= 15 is 0 Å². The summed E-state index contributed by atoms with van der Waals surface area (Å²) >= 11 is 0. The van der Waals surface area contributed by atoms with Crippen LogP contribution in [0, 0.1) is 0 Å². The van der Waals surface area contributed by atoms with Crippen LogP contribution in [0.3, 0.4) is 0 Å². The van der Waals surface area contributed by atoms with Gasteiger partial charge in [0.2, 0.25) is 5.88 Å². The van der Waals surface area contributed by atoms with Crippen molar-refractivity contribution in [1.29, 1.82) is 0 Å². The fourth-order valence-electron chi connectivity index (χ4n) is 2.79. The summed E-state index contributed by atoms with van der Waals surface area (Å²) in [5.74, 6) is 2.23. The van der Waals surface area contributed by atoms with Crippen molar-refractivity contribution in [3.8, 4) is 23.2 Å². The normalized spacial score (nSPS) is 10.4. The van der Waals surface area contributed by atoms with E-state index < -0.39 is 0 Å². The van der Waals surface area contributed by atoms with E-state index in [2.05, 4.69) is 15.5 Å². The molecule has 0 fully saturated rings. The van der Waals surface area contributed by atoms with Gasteiger partial charge in [0, 0.05) is 29.7 Å². The van der Waals surface area contributed by atoms with Crippen molar-refractivity contribution < 1.29 is 14.3 Å². The molecule has 1 amide bonds. The predicted octanol–water partition coefficient (Wildman–Crippen LogP) is 4.71. The van der Waals surface area contributed by atoms with Crippen LogP contribution in [0.1, 0.15) is 17.3 Å². The molecule has 30 heavy (non-hydrogen) atoms. The van der Waals surface area contributed by atoms with Crippen LogP contribution in [0.15, 0.2) is 85.2 Å². The van der Waals surface area contributed by atoms with Crippen LogP contribution < -0.4 is 14.8 Å². The average Bonchev–Trinajstić information content (AvgIpc) is 3.31. The SMILES string of the molecule is CCOc1ccc(C(=O)Nc2ccc(Oc3ccc(-n4cccc4)nn3)cc2)cc1. The fourth-order valence-corrected chi connectivity index (χ4v) is 2.79. The van der Waals surface area contributed by atoms with Gasteiger partial charge in [-0.05, 0) is 73.7 Å². The molecule has 0 radical (unpaired) electrons. The molecule has 7 nitrogen and oxygen atoms in total. The second-order valence-corrected chi connectivity index (χ2v) is 6.36. The van der Waals surface area contributed by atoms with Crippen molar-refractivity contribution in [3.63, 3.8) is 0 Å². The van der Waals surface area contributed by atoms with Crippen LogP contribution in [-0.4, -0.2) is 27.3 Å². The Morgan fingerprint density at radius 2 is 1.60 bits per heavy atom. The van der Waals surface area contributed by atoms with E-state index in [1.165, 1.54) is 0 Å². The van der Waals surface area contributed by atoms with Crippen molar-refractivity contribution in [2.45, 2.75) is 6.92 Å². The lowest BCUT2D eigenvalue weighted by atomic mass is 10.2. The lowest BCUT2D eigenvalue weighted by Crippen LogP contribution is -2.11. The lowest BCUT2D eigenvalue weighted by Gasteiger charge is -2.08. The minimum atomic E-state index is -0.196. The van der Waals surface area contributed by atoms with Gasteiger partial charge in [-0.3, -0.25) is 4.79 Å². The smallest absolute Gasteiger partial charge is 0.255 e. The quantitative estimate of drug-likeness (QED) is 0.486. The Bertz CT molecular complexity index is 1090. The van der Waals surface area contributed by atoms with E-state index in [1.807, 2.05) is 42.1 Å². The summed E-state index contributed by atoms with van der Waals surface area (Å²) in [4.78, 5) is 12.4. The molecule has 0 saturated carbocycles. The second kappa shape index (κ2) is 8.91. The van der Waals surface area contributed by atoms with Gasteiger partial charge in [0.25, 0.3) is 5.91 Å². The fraction of sp³-hybridized carbons (Fsp3) is 0.0870. The Morgan fingerprint density at radius 3 is 2.23 bits per heavy atom. The minimum Gasteiger partial charge on any atom is -0.494 e. The molecule has 4 aromatic rings. The summed E-state index contributed by atoms with van der Waals surface area (Å²) in [6.45, 7) is 2.50. The number of hydrogen-bond acceptors (Lipinski definition) is 5. The van der Waals surface area contributed by atoms with E-state index in [1.54, 1.807) is 54.6 Å². The molecule has 2 aromatic carbocycles. The molecule has 2 heterocycles. The zero-order chi connectivity index (χ0) is 20.8. The maximum Gasteiger partial charge on any atom is 0.255 e. The maximum absolute atomic E-state index is 12.4. The van der Waals surface area contributed by atoms with E-state index in [0.717, 1.165) is 5.75 Å². The molecule has 2 aromatic heterocycles. The molecule has 0 saturated heterocycles. The third kappa shape index (κ3) is 4.64. The van der Waals surface area contributed by atoms with Crippen LogP contribution in [0.4, 0.5) is 5.69 Å². The first-order valence-corrected chi connectivity index (χ1v) is 9.50. The number of aromatic nitrogens is 3. The highest BCUT2D eigenvalue weighted by Crippen LogP contribution is 2.22. The Kier molecular flexibility index (Phi) is 5.70. The van der Waals surface area contributed by atoms with Crippen LogP contribution >= 0.6 is 0 Å². The number of nitrogens with one attached hydrogen (secondary N) is 1. The number of carbonyl (C=O) groups excluding carboxylic acids is 1. The molecule has 4 rings (SSSR count). The number of amides is 1. The highest BCUT2D eigenvalue weighted by Gasteiger charge is 2.07. The van der Waals surface area contributed by atoms with Crippen molar-refractivity contribution in [2.24, 2.45) is 0 Å². The first kappa shape index (κ1) is 19.2. The summed E-state index contributed by atoms with van der Waals surface area (Å²) in [7, 11) is 0. The van der Waals surface area contributed by atoms with Gasteiger partial charge in [-0.2, -0.15) is 0 Å². The largest absolute Gasteiger partial charge is 0.494 e. The number of anilines is 1. The zero-order valence-corrected chi connectivity index (χ0v) is 16.4. The number of benzene rings is 2. The molecule has 0 aliphatic carbocycles. The van der Waals surface area contributed by atoms with Gasteiger partial charge >= 0.3 is 0 Å². The standard InChI is InChI=1S/C23H20N4O3/c1-2-29-19-9-5-17(6-10-19)23(28)24-18-7-11-20(12-8-18)30-22-14-13-21(25-26-22)27-15-3-4-16-27/h3-16H,2H2,1H3,(H,24,28). The van der Waals surface area contributed by atoms with Crippen LogP contribution in [0.2, 0.25) is 0 Å². The summed E-state index contributed by atoms with van der Waals surface area (Å²) in [6, 6.07) is 21.5. The highest BCUT2D eigenvalue weighted by atomic mass is 16.5. The topological polar surface area (TPSA) is 78.3 Å². The van der Waals surface area contributed by atoms with Gasteiger partial charge in [-0.1, -0.05) is 0 Å². The van der Waals surface area contributed by atoms with E-state index in [9.17, 15) is 4.79 Å². The number of hydrogen-bond donors (Lipinski definition) is 1. The van der Waals surface area contributed by atoms with Crippen molar-refractivity contribution in [1.82, 2.24) is 14.8 Å². The number of ether oxygens (including phenoxy) is 2.